The summed E-state index contributed by atoms with van der Waals surface area (Å²) in [5, 5.41) is 2.91. The molecule has 1 N–H and O–H groups in total. The highest BCUT2D eigenvalue weighted by Crippen LogP contribution is 2.38. The Labute approximate surface area is 164 Å². The Kier molecular flexibility index (Phi) is 8.33. The molecule has 0 atom stereocenters. The molecule has 150 valence electrons. The van der Waals surface area contributed by atoms with Crippen LogP contribution >= 0.6 is 0 Å². The Morgan fingerprint density at radius 2 is 1.70 bits per heavy atom. The molecule has 1 aliphatic carbocycles. The second kappa shape index (κ2) is 10.5. The van der Waals surface area contributed by atoms with Gasteiger partial charge in [-0.1, -0.05) is 51.1 Å². The average molecular weight is 374 g/mol. The van der Waals surface area contributed by atoms with Gasteiger partial charge in [-0.2, -0.15) is 0 Å². The highest BCUT2D eigenvalue weighted by molar-refractivity contribution is 5.77. The van der Waals surface area contributed by atoms with E-state index in [0.29, 0.717) is 37.1 Å². The summed E-state index contributed by atoms with van der Waals surface area (Å²) in [6.45, 7) is 7.49. The first kappa shape index (κ1) is 21.5. The normalized spacial score (nSPS) is 20.1. The van der Waals surface area contributed by atoms with Gasteiger partial charge in [-0.05, 0) is 55.4 Å². The number of rotatable bonds is 8. The minimum atomic E-state index is -0.161. The number of esters is 1. The third kappa shape index (κ3) is 8.15. The van der Waals surface area contributed by atoms with Crippen LogP contribution in [-0.2, 0) is 20.7 Å². The lowest BCUT2D eigenvalue weighted by Gasteiger charge is -2.36. The number of amides is 1. The number of carbonyl (C=O) groups is 2. The van der Waals surface area contributed by atoms with Crippen molar-refractivity contribution in [2.24, 2.45) is 11.3 Å². The van der Waals surface area contributed by atoms with Crippen molar-refractivity contribution in [3.8, 4) is 0 Å². The first-order chi connectivity index (χ1) is 12.8. The summed E-state index contributed by atoms with van der Waals surface area (Å²) in [5.41, 5.74) is 1.55. The predicted molar refractivity (Wildman–Crippen MR) is 108 cm³/mol. The zero-order valence-electron chi connectivity index (χ0n) is 17.1. The van der Waals surface area contributed by atoms with E-state index in [1.165, 1.54) is 5.56 Å². The molecular formula is C23H35NO3. The van der Waals surface area contributed by atoms with Crippen molar-refractivity contribution in [1.82, 2.24) is 5.32 Å². The summed E-state index contributed by atoms with van der Waals surface area (Å²) in [6.07, 6.45) is 6.33. The van der Waals surface area contributed by atoms with Crippen LogP contribution in [0.25, 0.3) is 0 Å². The number of ether oxygens (including phenoxy) is 1. The Morgan fingerprint density at radius 1 is 1.04 bits per heavy atom. The second-order valence-corrected chi connectivity index (χ2v) is 8.77. The number of nitrogens with one attached hydrogen (secondary N) is 1. The fourth-order valence-electron chi connectivity index (χ4n) is 3.76. The van der Waals surface area contributed by atoms with E-state index in [1.807, 2.05) is 18.2 Å². The van der Waals surface area contributed by atoms with E-state index in [1.54, 1.807) is 0 Å². The third-order valence-corrected chi connectivity index (χ3v) is 5.56. The van der Waals surface area contributed by atoms with E-state index in [-0.39, 0.29) is 18.0 Å². The van der Waals surface area contributed by atoms with Crippen LogP contribution in [0.2, 0.25) is 0 Å². The van der Waals surface area contributed by atoms with Crippen molar-refractivity contribution >= 4 is 11.9 Å². The molecule has 1 saturated carbocycles. The first-order valence-electron chi connectivity index (χ1n) is 10.3. The maximum Gasteiger partial charge on any atom is 0.306 e. The van der Waals surface area contributed by atoms with Crippen molar-refractivity contribution in [1.29, 1.82) is 0 Å². The Bertz CT molecular complexity index is 583. The number of carbonyl (C=O) groups excluding carboxylic acids is 2. The lowest BCUT2D eigenvalue weighted by molar-refractivity contribution is -0.151. The van der Waals surface area contributed by atoms with Crippen molar-refractivity contribution in [3.63, 3.8) is 0 Å². The quantitative estimate of drug-likeness (QED) is 0.674. The monoisotopic (exact) mass is 373 g/mol. The number of hydrogen-bond acceptors (Lipinski definition) is 3. The number of hydrogen-bond donors (Lipinski definition) is 1. The molecule has 0 heterocycles. The molecule has 1 aromatic carbocycles. The summed E-state index contributed by atoms with van der Waals surface area (Å²) < 4.78 is 5.60. The topological polar surface area (TPSA) is 55.4 Å². The zero-order chi connectivity index (χ0) is 19.7. The van der Waals surface area contributed by atoms with Crippen molar-refractivity contribution in [2.75, 3.05) is 6.54 Å². The maximum atomic E-state index is 12.0. The van der Waals surface area contributed by atoms with Gasteiger partial charge >= 0.3 is 5.97 Å². The number of benzene rings is 1. The fraction of sp³-hybridized carbons (Fsp3) is 0.652. The zero-order valence-corrected chi connectivity index (χ0v) is 17.1. The van der Waals surface area contributed by atoms with Gasteiger partial charge in [-0.25, -0.2) is 0 Å². The summed E-state index contributed by atoms with van der Waals surface area (Å²) in [6, 6.07) is 10.1. The van der Waals surface area contributed by atoms with Gasteiger partial charge in [0, 0.05) is 19.4 Å². The molecule has 0 aromatic heterocycles. The van der Waals surface area contributed by atoms with Crippen LogP contribution in [-0.4, -0.2) is 24.5 Å². The molecule has 4 heteroatoms. The van der Waals surface area contributed by atoms with Gasteiger partial charge in [0.2, 0.25) is 5.91 Å². The second-order valence-electron chi connectivity index (χ2n) is 8.77. The Balaban J connectivity index is 1.53. The molecule has 27 heavy (non-hydrogen) atoms. The van der Waals surface area contributed by atoms with Gasteiger partial charge in [0.1, 0.15) is 6.10 Å². The van der Waals surface area contributed by atoms with E-state index in [9.17, 15) is 9.59 Å². The lowest BCUT2D eigenvalue weighted by atomic mass is 9.72. The van der Waals surface area contributed by atoms with E-state index < -0.39 is 0 Å². The molecular weight excluding hydrogens is 338 g/mol. The van der Waals surface area contributed by atoms with E-state index in [0.717, 1.165) is 32.1 Å². The molecule has 0 radical (unpaired) electrons. The van der Waals surface area contributed by atoms with Crippen LogP contribution in [0.1, 0.15) is 71.3 Å². The summed E-state index contributed by atoms with van der Waals surface area (Å²) >= 11 is 0. The van der Waals surface area contributed by atoms with Crippen LogP contribution in [0.5, 0.6) is 0 Å². The molecule has 2 rings (SSSR count). The van der Waals surface area contributed by atoms with Gasteiger partial charge in [0.15, 0.2) is 0 Å². The minimum Gasteiger partial charge on any atom is -0.462 e. The van der Waals surface area contributed by atoms with Crippen LogP contribution in [0.3, 0.4) is 0 Å². The lowest BCUT2D eigenvalue weighted by Crippen LogP contribution is -2.30. The molecule has 4 nitrogen and oxygen atoms in total. The Morgan fingerprint density at radius 3 is 2.33 bits per heavy atom. The van der Waals surface area contributed by atoms with Gasteiger partial charge in [-0.3, -0.25) is 9.59 Å². The van der Waals surface area contributed by atoms with Gasteiger partial charge in [0.25, 0.3) is 0 Å². The summed E-state index contributed by atoms with van der Waals surface area (Å²) in [5.74, 6) is 0.558. The smallest absolute Gasteiger partial charge is 0.306 e. The van der Waals surface area contributed by atoms with Crippen molar-refractivity contribution in [3.05, 3.63) is 35.9 Å². The van der Waals surface area contributed by atoms with E-state index >= 15 is 0 Å². The van der Waals surface area contributed by atoms with Crippen LogP contribution in [0, 0.1) is 11.3 Å². The highest BCUT2D eigenvalue weighted by Gasteiger charge is 2.30. The third-order valence-electron chi connectivity index (χ3n) is 5.56. The molecule has 1 amide bonds. The standard InChI is InChI=1S/C23H35NO3/c1-23(2,3)19-12-14-20(15-13-19)27-22(26)11-7-10-21(25)24-17-16-18-8-5-4-6-9-18/h4-6,8-9,19-20H,7,10-17H2,1-3H3,(H,24,25). The largest absolute Gasteiger partial charge is 0.462 e. The van der Waals surface area contributed by atoms with Gasteiger partial charge in [0.05, 0.1) is 0 Å². The first-order valence-corrected chi connectivity index (χ1v) is 10.3. The predicted octanol–water partition coefficient (Wildman–Crippen LogP) is 4.66. The molecule has 1 aliphatic rings. The molecule has 0 spiro atoms. The Hall–Kier alpha value is -1.84. The summed E-state index contributed by atoms with van der Waals surface area (Å²) in [4.78, 5) is 23.9. The van der Waals surface area contributed by atoms with E-state index in [2.05, 4.69) is 38.2 Å². The van der Waals surface area contributed by atoms with Gasteiger partial charge in [-0.15, -0.1) is 0 Å². The molecule has 1 fully saturated rings. The van der Waals surface area contributed by atoms with Crippen molar-refractivity contribution < 1.29 is 14.3 Å². The van der Waals surface area contributed by atoms with Crippen molar-refractivity contribution in [2.45, 2.75) is 78.2 Å². The minimum absolute atomic E-state index is 0.00409. The van der Waals surface area contributed by atoms with Crippen LogP contribution in [0.15, 0.2) is 30.3 Å². The van der Waals surface area contributed by atoms with Crippen LogP contribution < -0.4 is 5.32 Å². The summed E-state index contributed by atoms with van der Waals surface area (Å²) in [7, 11) is 0. The molecule has 0 aliphatic heterocycles. The van der Waals surface area contributed by atoms with E-state index in [4.69, 9.17) is 4.74 Å². The SMILES string of the molecule is CC(C)(C)C1CCC(OC(=O)CCCC(=O)NCCc2ccccc2)CC1. The molecule has 0 bridgehead atoms. The molecule has 1 aromatic rings. The van der Waals surface area contributed by atoms with Gasteiger partial charge < -0.3 is 10.1 Å². The highest BCUT2D eigenvalue weighted by atomic mass is 16.5. The maximum absolute atomic E-state index is 12.0. The van der Waals surface area contributed by atoms with Crippen LogP contribution in [0.4, 0.5) is 0 Å². The molecule has 0 unspecified atom stereocenters. The average Bonchev–Trinajstić information content (AvgIpc) is 2.62. The fourth-order valence-corrected chi connectivity index (χ4v) is 3.76. The molecule has 0 saturated heterocycles.